The first-order valence-electron chi connectivity index (χ1n) is 10.8. The highest BCUT2D eigenvalue weighted by Gasteiger charge is 2.41. The van der Waals surface area contributed by atoms with E-state index < -0.39 is 24.3 Å². The summed E-state index contributed by atoms with van der Waals surface area (Å²) >= 11 is 0. The van der Waals surface area contributed by atoms with Gasteiger partial charge in [-0.1, -0.05) is 36.4 Å². The predicted molar refractivity (Wildman–Crippen MR) is 122 cm³/mol. The summed E-state index contributed by atoms with van der Waals surface area (Å²) in [6.07, 6.45) is 4.99. The van der Waals surface area contributed by atoms with Gasteiger partial charge in [0, 0.05) is 12.7 Å². The average Bonchev–Trinajstić information content (AvgIpc) is 3.26. The lowest BCUT2D eigenvalue weighted by Crippen LogP contribution is -2.59. The zero-order chi connectivity index (χ0) is 22.8. The van der Waals surface area contributed by atoms with Crippen molar-refractivity contribution in [3.8, 4) is 11.4 Å². The summed E-state index contributed by atoms with van der Waals surface area (Å²) in [5.41, 5.74) is 3.07. The van der Waals surface area contributed by atoms with E-state index in [0.29, 0.717) is 17.9 Å². The van der Waals surface area contributed by atoms with Gasteiger partial charge in [0.05, 0.1) is 36.4 Å². The van der Waals surface area contributed by atoms with Crippen LogP contribution in [-0.2, 0) is 6.42 Å². The summed E-state index contributed by atoms with van der Waals surface area (Å²) in [6.45, 7) is 0.152. The molecule has 0 bridgehead atoms. The van der Waals surface area contributed by atoms with Crippen LogP contribution in [0.2, 0.25) is 0 Å². The maximum atomic E-state index is 15.2. The van der Waals surface area contributed by atoms with Crippen LogP contribution in [0, 0.1) is 0 Å². The fourth-order valence-corrected chi connectivity index (χ4v) is 4.41. The van der Waals surface area contributed by atoms with Gasteiger partial charge in [0.2, 0.25) is 0 Å². The average molecular weight is 446 g/mol. The molecule has 3 atom stereocenters. The molecule has 1 fully saturated rings. The van der Waals surface area contributed by atoms with Crippen molar-refractivity contribution in [2.45, 2.75) is 31.1 Å². The standard InChI is InChI=1S/C24H23FN6O2/c25-17-9-11-31(24(32)33)19(12-16-6-2-1-3-7-16)23(17)29-21-15-26-13-18(28-21)20-14-27-22-8-4-5-10-30(20)22/h1-8,10,13-15,17,19,23H,9,11-12H2,(H,28,29)(H,32,33)/t17-,19?,23-/m1/s1. The third-order valence-electron chi connectivity index (χ3n) is 6.01. The van der Waals surface area contributed by atoms with Crippen LogP contribution >= 0.6 is 0 Å². The first-order valence-corrected chi connectivity index (χ1v) is 10.8. The van der Waals surface area contributed by atoms with Crippen molar-refractivity contribution in [1.82, 2.24) is 24.3 Å². The summed E-state index contributed by atoms with van der Waals surface area (Å²) in [6, 6.07) is 13.9. The number of hydrogen-bond acceptors (Lipinski definition) is 5. The number of benzene rings is 1. The minimum Gasteiger partial charge on any atom is -0.465 e. The number of nitrogens with one attached hydrogen (secondary N) is 1. The third-order valence-corrected chi connectivity index (χ3v) is 6.01. The summed E-state index contributed by atoms with van der Waals surface area (Å²) in [5, 5.41) is 12.9. The van der Waals surface area contributed by atoms with Crippen LogP contribution in [0.1, 0.15) is 12.0 Å². The summed E-state index contributed by atoms with van der Waals surface area (Å²) in [7, 11) is 0. The SMILES string of the molecule is O=C(O)N1CC[C@@H](F)[C@@H](Nc2cncc(-c3cnc4ccccn34)n2)C1Cc1ccccc1. The third kappa shape index (κ3) is 4.21. The molecule has 9 heteroatoms. The maximum absolute atomic E-state index is 15.2. The monoisotopic (exact) mass is 446 g/mol. The van der Waals surface area contributed by atoms with E-state index in [0.717, 1.165) is 16.9 Å². The Hall–Kier alpha value is -4.01. The highest BCUT2D eigenvalue weighted by molar-refractivity contribution is 5.66. The number of anilines is 1. The van der Waals surface area contributed by atoms with E-state index in [1.807, 2.05) is 59.1 Å². The molecule has 4 heterocycles. The Balaban J connectivity index is 1.45. The van der Waals surface area contributed by atoms with E-state index in [1.165, 1.54) is 11.1 Å². The van der Waals surface area contributed by atoms with E-state index >= 15 is 4.39 Å². The van der Waals surface area contributed by atoms with Crippen LogP contribution < -0.4 is 5.32 Å². The number of fused-ring (bicyclic) bond motifs is 1. The molecule has 1 aliphatic heterocycles. The van der Waals surface area contributed by atoms with Crippen LogP contribution in [0.5, 0.6) is 0 Å². The Bertz CT molecular complexity index is 1260. The van der Waals surface area contributed by atoms with Gasteiger partial charge in [-0.3, -0.25) is 9.38 Å². The summed E-state index contributed by atoms with van der Waals surface area (Å²) in [4.78, 5) is 26.6. The largest absolute Gasteiger partial charge is 0.465 e. The molecule has 33 heavy (non-hydrogen) atoms. The Morgan fingerprint density at radius 2 is 1.94 bits per heavy atom. The number of carboxylic acid groups (broad SMARTS) is 1. The van der Waals surface area contributed by atoms with E-state index in [-0.39, 0.29) is 13.0 Å². The first kappa shape index (κ1) is 20.9. The molecule has 2 N–H and O–H groups in total. The number of imidazole rings is 1. The highest BCUT2D eigenvalue weighted by Crippen LogP contribution is 2.27. The van der Waals surface area contributed by atoms with Crippen molar-refractivity contribution < 1.29 is 14.3 Å². The Kier molecular flexibility index (Phi) is 5.60. The normalized spacial score (nSPS) is 20.6. The van der Waals surface area contributed by atoms with Gasteiger partial charge in [-0.2, -0.15) is 0 Å². The van der Waals surface area contributed by atoms with Gasteiger partial charge in [0.15, 0.2) is 0 Å². The molecule has 4 aromatic rings. The van der Waals surface area contributed by atoms with E-state index in [2.05, 4.69) is 20.3 Å². The molecule has 1 unspecified atom stereocenters. The first-order chi connectivity index (χ1) is 16.1. The van der Waals surface area contributed by atoms with E-state index in [1.54, 1.807) is 12.4 Å². The molecule has 168 valence electrons. The molecular weight excluding hydrogens is 423 g/mol. The number of carbonyl (C=O) groups is 1. The fourth-order valence-electron chi connectivity index (χ4n) is 4.41. The number of pyridine rings is 1. The molecule has 0 radical (unpaired) electrons. The van der Waals surface area contributed by atoms with Crippen LogP contribution in [0.4, 0.5) is 15.0 Å². The van der Waals surface area contributed by atoms with Gasteiger partial charge < -0.3 is 15.3 Å². The van der Waals surface area contributed by atoms with Crippen molar-refractivity contribution in [2.24, 2.45) is 0 Å². The van der Waals surface area contributed by atoms with Gasteiger partial charge in [-0.25, -0.2) is 19.2 Å². The number of hydrogen-bond donors (Lipinski definition) is 2. The highest BCUT2D eigenvalue weighted by atomic mass is 19.1. The van der Waals surface area contributed by atoms with Crippen molar-refractivity contribution in [3.63, 3.8) is 0 Å². The van der Waals surface area contributed by atoms with Crippen molar-refractivity contribution in [1.29, 1.82) is 0 Å². The Morgan fingerprint density at radius 1 is 1.12 bits per heavy atom. The van der Waals surface area contributed by atoms with E-state index in [9.17, 15) is 9.90 Å². The molecule has 1 saturated heterocycles. The molecule has 0 spiro atoms. The summed E-state index contributed by atoms with van der Waals surface area (Å²) in [5.74, 6) is 0.385. The lowest BCUT2D eigenvalue weighted by Gasteiger charge is -2.42. The molecule has 1 aromatic carbocycles. The zero-order valence-corrected chi connectivity index (χ0v) is 17.8. The minimum atomic E-state index is -1.23. The van der Waals surface area contributed by atoms with Gasteiger partial charge >= 0.3 is 6.09 Å². The molecule has 3 aromatic heterocycles. The molecule has 1 amide bonds. The van der Waals surface area contributed by atoms with Crippen LogP contribution in [-0.4, -0.2) is 60.3 Å². The van der Waals surface area contributed by atoms with Gasteiger partial charge in [-0.15, -0.1) is 0 Å². The second-order valence-electron chi connectivity index (χ2n) is 8.07. The molecule has 0 aliphatic carbocycles. The molecular formula is C24H23FN6O2. The van der Waals surface area contributed by atoms with Gasteiger partial charge in [0.25, 0.3) is 0 Å². The quantitative estimate of drug-likeness (QED) is 0.483. The number of likely N-dealkylation sites (tertiary alicyclic amines) is 1. The smallest absolute Gasteiger partial charge is 0.407 e. The van der Waals surface area contributed by atoms with Gasteiger partial charge in [-0.05, 0) is 30.5 Å². The molecule has 1 aliphatic rings. The number of alkyl halides is 1. The Labute approximate surface area is 189 Å². The maximum Gasteiger partial charge on any atom is 0.407 e. The van der Waals surface area contributed by atoms with Crippen molar-refractivity contribution >= 4 is 17.6 Å². The molecule has 5 rings (SSSR count). The number of amides is 1. The van der Waals surface area contributed by atoms with E-state index in [4.69, 9.17) is 0 Å². The summed E-state index contributed by atoms with van der Waals surface area (Å²) < 4.78 is 17.1. The molecule has 0 saturated carbocycles. The number of piperidine rings is 1. The number of nitrogens with zero attached hydrogens (tertiary/aromatic N) is 5. The van der Waals surface area contributed by atoms with Crippen molar-refractivity contribution in [2.75, 3.05) is 11.9 Å². The number of aromatic nitrogens is 4. The van der Waals surface area contributed by atoms with Crippen LogP contribution in [0.25, 0.3) is 17.0 Å². The second-order valence-corrected chi connectivity index (χ2v) is 8.07. The van der Waals surface area contributed by atoms with Crippen LogP contribution in [0.3, 0.4) is 0 Å². The number of halogens is 1. The zero-order valence-electron chi connectivity index (χ0n) is 17.8. The molecule has 8 nitrogen and oxygen atoms in total. The van der Waals surface area contributed by atoms with Crippen LogP contribution in [0.15, 0.2) is 73.3 Å². The number of rotatable bonds is 5. The fraction of sp³-hybridized carbons (Fsp3) is 0.250. The Morgan fingerprint density at radius 3 is 2.76 bits per heavy atom. The van der Waals surface area contributed by atoms with Gasteiger partial charge in [0.1, 0.15) is 23.3 Å². The predicted octanol–water partition coefficient (Wildman–Crippen LogP) is 3.90. The van der Waals surface area contributed by atoms with Crippen molar-refractivity contribution in [3.05, 3.63) is 78.9 Å². The topological polar surface area (TPSA) is 95.7 Å². The minimum absolute atomic E-state index is 0.121. The second kappa shape index (κ2) is 8.85. The lowest BCUT2D eigenvalue weighted by molar-refractivity contribution is 0.0687. The lowest BCUT2D eigenvalue weighted by atomic mass is 9.89.